The smallest absolute Gasteiger partial charge is 0.185 e. The molecule has 0 radical (unpaired) electrons. The number of aliphatic hydroxyl groups excluding tert-OH is 3. The van der Waals surface area contributed by atoms with Gasteiger partial charge in [-0.15, -0.1) is 0 Å². The summed E-state index contributed by atoms with van der Waals surface area (Å²) in [5.74, 6) is 0.902. The Morgan fingerprint density at radius 1 is 1.00 bits per heavy atom. The molecule has 3 rings (SSSR count). The zero-order chi connectivity index (χ0) is 24.0. The maximum Gasteiger partial charge on any atom is 0.185 e. The van der Waals surface area contributed by atoms with Crippen LogP contribution in [0.25, 0.3) is 0 Å². The lowest BCUT2D eigenvalue weighted by atomic mass is 10.0. The number of hydrogen-bond donors (Lipinski definition) is 4. The molecule has 0 aromatic heterocycles. The van der Waals surface area contributed by atoms with Gasteiger partial charge in [-0.1, -0.05) is 18.2 Å². The minimum absolute atomic E-state index is 0.0863. The van der Waals surface area contributed by atoms with Gasteiger partial charge in [0.1, 0.15) is 24.4 Å². The molecular weight excluding hydrogens is 436 g/mol. The van der Waals surface area contributed by atoms with Crippen molar-refractivity contribution in [2.75, 3.05) is 34.5 Å². The molecule has 4 N–H and O–H groups in total. The number of hydrogen-bond acceptors (Lipinski definition) is 10. The zero-order valence-corrected chi connectivity index (χ0v) is 18.7. The van der Waals surface area contributed by atoms with Crippen molar-refractivity contribution in [2.24, 2.45) is 0 Å². The Hall–Kier alpha value is -2.60. The summed E-state index contributed by atoms with van der Waals surface area (Å²) in [5.41, 5.74) is 0.471. The Balaban J connectivity index is 1.98. The molecule has 6 atom stereocenters. The van der Waals surface area contributed by atoms with Crippen LogP contribution >= 0.6 is 0 Å². The van der Waals surface area contributed by atoms with Gasteiger partial charge in [-0.25, -0.2) is 0 Å². The molecule has 2 aromatic rings. The molecule has 2 aromatic carbocycles. The van der Waals surface area contributed by atoms with Gasteiger partial charge in [-0.2, -0.15) is 0 Å². The third kappa shape index (κ3) is 5.67. The SMILES string of the molecule is COc1cc(C(O[C@@H]2[C@@H](O)[C@H](OC)OC[C@H]2O)C(CO)Oc2ccccc2OC)ccc1O. The highest BCUT2D eigenvalue weighted by Gasteiger charge is 2.43. The fourth-order valence-corrected chi connectivity index (χ4v) is 3.64. The van der Waals surface area contributed by atoms with Gasteiger partial charge in [0.25, 0.3) is 0 Å². The van der Waals surface area contributed by atoms with Crippen molar-refractivity contribution in [2.45, 2.75) is 36.8 Å². The van der Waals surface area contributed by atoms with Crippen molar-refractivity contribution < 1.29 is 48.8 Å². The number of aromatic hydroxyl groups is 1. The first-order chi connectivity index (χ1) is 15.9. The number of phenolic OH excluding ortho intramolecular Hbond substituents is 1. The van der Waals surface area contributed by atoms with Crippen LogP contribution in [0.4, 0.5) is 0 Å². The monoisotopic (exact) mass is 466 g/mol. The van der Waals surface area contributed by atoms with Crippen LogP contribution in [0.2, 0.25) is 0 Å². The largest absolute Gasteiger partial charge is 0.504 e. The van der Waals surface area contributed by atoms with Gasteiger partial charge in [0, 0.05) is 7.11 Å². The van der Waals surface area contributed by atoms with Gasteiger partial charge in [0.15, 0.2) is 35.4 Å². The number of phenols is 1. The first-order valence-electron chi connectivity index (χ1n) is 10.4. The van der Waals surface area contributed by atoms with E-state index >= 15 is 0 Å². The predicted octanol–water partition coefficient (Wildman–Crippen LogP) is 1.00. The van der Waals surface area contributed by atoms with Gasteiger partial charge in [-0.3, -0.25) is 0 Å². The van der Waals surface area contributed by atoms with E-state index in [-0.39, 0.29) is 18.1 Å². The third-order valence-corrected chi connectivity index (χ3v) is 5.36. The first kappa shape index (κ1) is 25.0. The van der Waals surface area contributed by atoms with Crippen molar-refractivity contribution in [3.05, 3.63) is 48.0 Å². The molecule has 1 saturated heterocycles. The molecule has 0 aliphatic carbocycles. The van der Waals surface area contributed by atoms with Crippen LogP contribution in [-0.4, -0.2) is 85.7 Å². The molecular formula is C23H30O10. The summed E-state index contributed by atoms with van der Waals surface area (Å²) >= 11 is 0. The molecule has 1 aliphatic heterocycles. The van der Waals surface area contributed by atoms with E-state index in [4.69, 9.17) is 28.4 Å². The quantitative estimate of drug-likeness (QED) is 0.401. The molecule has 0 spiro atoms. The second kappa shape index (κ2) is 11.5. The summed E-state index contributed by atoms with van der Waals surface area (Å²) < 4.78 is 33.1. The molecule has 33 heavy (non-hydrogen) atoms. The van der Waals surface area contributed by atoms with Crippen LogP contribution in [0.1, 0.15) is 11.7 Å². The Bertz CT molecular complexity index is 891. The van der Waals surface area contributed by atoms with Crippen molar-refractivity contribution in [1.29, 1.82) is 0 Å². The third-order valence-electron chi connectivity index (χ3n) is 5.36. The van der Waals surface area contributed by atoms with Crippen LogP contribution in [0.5, 0.6) is 23.0 Å². The molecule has 182 valence electrons. The molecule has 10 nitrogen and oxygen atoms in total. The number of para-hydroxylation sites is 2. The Kier molecular flexibility index (Phi) is 8.73. The summed E-state index contributed by atoms with van der Waals surface area (Å²) in [6.45, 7) is -0.599. The first-order valence-corrected chi connectivity index (χ1v) is 10.4. The maximum atomic E-state index is 10.6. The van der Waals surface area contributed by atoms with Crippen LogP contribution < -0.4 is 14.2 Å². The van der Waals surface area contributed by atoms with E-state index < -0.39 is 43.4 Å². The van der Waals surface area contributed by atoms with Crippen molar-refractivity contribution in [3.8, 4) is 23.0 Å². The van der Waals surface area contributed by atoms with Crippen molar-refractivity contribution in [3.63, 3.8) is 0 Å². The Labute approximate surface area is 191 Å². The topological polar surface area (TPSA) is 136 Å². The van der Waals surface area contributed by atoms with E-state index in [0.717, 1.165) is 0 Å². The number of aliphatic hydroxyl groups is 3. The van der Waals surface area contributed by atoms with Crippen LogP contribution in [0.3, 0.4) is 0 Å². The van der Waals surface area contributed by atoms with E-state index in [1.54, 1.807) is 30.3 Å². The lowest BCUT2D eigenvalue weighted by Gasteiger charge is -2.40. The molecule has 1 fully saturated rings. The summed E-state index contributed by atoms with van der Waals surface area (Å²) in [6.07, 6.45) is -6.59. The number of ether oxygens (including phenoxy) is 6. The second-order valence-corrected chi connectivity index (χ2v) is 7.44. The molecule has 0 amide bonds. The minimum Gasteiger partial charge on any atom is -0.504 e. The highest BCUT2D eigenvalue weighted by Crippen LogP contribution is 2.36. The fourth-order valence-electron chi connectivity index (χ4n) is 3.64. The normalized spacial score (nSPS) is 24.7. The molecule has 1 aliphatic rings. The van der Waals surface area contributed by atoms with Gasteiger partial charge < -0.3 is 48.8 Å². The van der Waals surface area contributed by atoms with Gasteiger partial charge >= 0.3 is 0 Å². The Morgan fingerprint density at radius 3 is 2.33 bits per heavy atom. The maximum absolute atomic E-state index is 10.6. The predicted molar refractivity (Wildman–Crippen MR) is 116 cm³/mol. The number of rotatable bonds is 10. The zero-order valence-electron chi connectivity index (χ0n) is 18.7. The van der Waals surface area contributed by atoms with Crippen molar-refractivity contribution in [1.82, 2.24) is 0 Å². The lowest BCUT2D eigenvalue weighted by Crippen LogP contribution is -2.55. The molecule has 2 unspecified atom stereocenters. The lowest BCUT2D eigenvalue weighted by molar-refractivity contribution is -0.282. The van der Waals surface area contributed by atoms with Crippen LogP contribution in [0, 0.1) is 0 Å². The van der Waals surface area contributed by atoms with Crippen LogP contribution in [0.15, 0.2) is 42.5 Å². The minimum atomic E-state index is -1.31. The molecule has 1 heterocycles. The average molecular weight is 466 g/mol. The molecule has 10 heteroatoms. The average Bonchev–Trinajstić information content (AvgIpc) is 2.83. The van der Waals surface area contributed by atoms with E-state index in [1.807, 2.05) is 0 Å². The highest BCUT2D eigenvalue weighted by atomic mass is 16.7. The van der Waals surface area contributed by atoms with Crippen LogP contribution in [-0.2, 0) is 14.2 Å². The summed E-state index contributed by atoms with van der Waals surface area (Å²) in [6, 6.07) is 11.4. The van der Waals surface area contributed by atoms with E-state index in [2.05, 4.69) is 0 Å². The van der Waals surface area contributed by atoms with Gasteiger partial charge in [0.2, 0.25) is 0 Å². The molecule has 0 bridgehead atoms. The van der Waals surface area contributed by atoms with E-state index in [0.29, 0.717) is 17.1 Å². The Morgan fingerprint density at radius 2 is 1.70 bits per heavy atom. The standard InChI is InChI=1S/C23H30O10/c1-28-16-6-4-5-7-17(16)32-19(11-24)21(13-8-9-14(25)18(10-13)29-2)33-22-15(26)12-31-23(30-3)20(22)27/h4-10,15,19-27H,11-12H2,1-3H3/t15-,19?,20-,21?,22+,23-/m1/s1. The molecule has 0 saturated carbocycles. The summed E-state index contributed by atoms with van der Waals surface area (Å²) in [7, 11) is 4.26. The summed E-state index contributed by atoms with van der Waals surface area (Å²) in [4.78, 5) is 0. The van der Waals surface area contributed by atoms with Crippen molar-refractivity contribution >= 4 is 0 Å². The van der Waals surface area contributed by atoms with E-state index in [1.165, 1.54) is 33.5 Å². The highest BCUT2D eigenvalue weighted by molar-refractivity contribution is 5.43. The fraction of sp³-hybridized carbons (Fsp3) is 0.478. The number of benzene rings is 2. The van der Waals surface area contributed by atoms with E-state index in [9.17, 15) is 20.4 Å². The number of methoxy groups -OCH3 is 3. The summed E-state index contributed by atoms with van der Waals surface area (Å²) in [5, 5.41) is 41.3. The van der Waals surface area contributed by atoms with Gasteiger partial charge in [-0.05, 0) is 29.8 Å². The second-order valence-electron chi connectivity index (χ2n) is 7.44. The van der Waals surface area contributed by atoms with Gasteiger partial charge in [0.05, 0.1) is 27.4 Å².